The summed E-state index contributed by atoms with van der Waals surface area (Å²) in [7, 11) is 1.76. The van der Waals surface area contributed by atoms with Crippen molar-refractivity contribution in [3.8, 4) is 17.2 Å². The van der Waals surface area contributed by atoms with Crippen molar-refractivity contribution in [3.63, 3.8) is 0 Å². The SMILES string of the molecule is Cn1ccc(NC(=O)c2cc(Oc3ccc(C(=O)NC4CC4)c(F)c3)c3c(c2)OC(C)(C)C3)n1. The Morgan fingerprint density at radius 2 is 1.97 bits per heavy atom. The molecular weight excluding hydrogens is 439 g/mol. The van der Waals surface area contributed by atoms with Gasteiger partial charge in [-0.25, -0.2) is 4.39 Å². The second-order valence-corrected chi connectivity index (χ2v) is 9.31. The second-order valence-electron chi connectivity index (χ2n) is 9.31. The summed E-state index contributed by atoms with van der Waals surface area (Å²) in [6.07, 6.45) is 4.12. The molecular formula is C25H25FN4O4. The molecule has 5 rings (SSSR count). The molecule has 1 aliphatic heterocycles. The topological polar surface area (TPSA) is 94.5 Å². The van der Waals surface area contributed by atoms with Crippen molar-refractivity contribution >= 4 is 17.6 Å². The van der Waals surface area contributed by atoms with Crippen molar-refractivity contribution in [3.05, 3.63) is 65.1 Å². The molecule has 8 nitrogen and oxygen atoms in total. The minimum Gasteiger partial charge on any atom is -0.487 e. The van der Waals surface area contributed by atoms with E-state index in [1.807, 2.05) is 13.8 Å². The molecule has 2 N–H and O–H groups in total. The number of fused-ring (bicyclic) bond motifs is 1. The lowest BCUT2D eigenvalue weighted by Gasteiger charge is -2.16. The van der Waals surface area contributed by atoms with Gasteiger partial charge in [0.1, 0.15) is 28.7 Å². The van der Waals surface area contributed by atoms with Gasteiger partial charge in [-0.15, -0.1) is 0 Å². The third-order valence-electron chi connectivity index (χ3n) is 5.70. The van der Waals surface area contributed by atoms with Gasteiger partial charge in [0, 0.05) is 49.0 Å². The van der Waals surface area contributed by atoms with Gasteiger partial charge >= 0.3 is 0 Å². The number of carbonyl (C=O) groups is 2. The Hall–Kier alpha value is -3.88. The lowest BCUT2D eigenvalue weighted by Crippen LogP contribution is -2.26. The van der Waals surface area contributed by atoms with Crippen molar-refractivity contribution in [2.45, 2.75) is 44.8 Å². The molecule has 9 heteroatoms. The zero-order valence-corrected chi connectivity index (χ0v) is 19.1. The molecule has 1 aliphatic carbocycles. The number of amides is 2. The summed E-state index contributed by atoms with van der Waals surface area (Å²) in [6.45, 7) is 3.88. The first-order valence-electron chi connectivity index (χ1n) is 11.1. The van der Waals surface area contributed by atoms with E-state index in [1.54, 1.807) is 42.2 Å². The van der Waals surface area contributed by atoms with Crippen LogP contribution in [0.15, 0.2) is 42.6 Å². The van der Waals surface area contributed by atoms with Crippen molar-refractivity contribution in [2.24, 2.45) is 7.05 Å². The largest absolute Gasteiger partial charge is 0.487 e. The molecule has 176 valence electrons. The van der Waals surface area contributed by atoms with Crippen molar-refractivity contribution in [1.29, 1.82) is 0 Å². The van der Waals surface area contributed by atoms with E-state index in [2.05, 4.69) is 15.7 Å². The van der Waals surface area contributed by atoms with E-state index in [0.717, 1.165) is 18.4 Å². The van der Waals surface area contributed by atoms with Crippen molar-refractivity contribution < 1.29 is 23.5 Å². The van der Waals surface area contributed by atoms with Gasteiger partial charge < -0.3 is 20.1 Å². The predicted molar refractivity (Wildman–Crippen MR) is 123 cm³/mol. The predicted octanol–water partition coefficient (Wildman–Crippen LogP) is 4.21. The van der Waals surface area contributed by atoms with Crippen LogP contribution in [-0.2, 0) is 13.5 Å². The molecule has 3 aromatic rings. The minimum absolute atomic E-state index is 0.0302. The number of benzene rings is 2. The fraction of sp³-hybridized carbons (Fsp3) is 0.320. The van der Waals surface area contributed by atoms with E-state index in [-0.39, 0.29) is 23.3 Å². The molecule has 0 spiro atoms. The highest BCUT2D eigenvalue weighted by Crippen LogP contribution is 2.43. The maximum Gasteiger partial charge on any atom is 0.257 e. The molecule has 0 bridgehead atoms. The molecule has 34 heavy (non-hydrogen) atoms. The van der Waals surface area contributed by atoms with Crippen LogP contribution in [0.2, 0.25) is 0 Å². The van der Waals surface area contributed by atoms with Gasteiger partial charge in [-0.3, -0.25) is 14.3 Å². The van der Waals surface area contributed by atoms with Gasteiger partial charge in [-0.1, -0.05) is 0 Å². The van der Waals surface area contributed by atoms with Crippen LogP contribution < -0.4 is 20.1 Å². The van der Waals surface area contributed by atoms with Gasteiger partial charge in [0.05, 0.1) is 5.56 Å². The number of rotatable bonds is 6. The Bertz CT molecular complexity index is 1300. The quantitative estimate of drug-likeness (QED) is 0.570. The molecule has 0 radical (unpaired) electrons. The first-order valence-corrected chi connectivity index (χ1v) is 11.1. The van der Waals surface area contributed by atoms with Crippen molar-refractivity contribution in [2.75, 3.05) is 5.32 Å². The molecule has 2 heterocycles. The maximum atomic E-state index is 14.7. The van der Waals surface area contributed by atoms with E-state index in [4.69, 9.17) is 9.47 Å². The van der Waals surface area contributed by atoms with E-state index in [9.17, 15) is 14.0 Å². The summed E-state index contributed by atoms with van der Waals surface area (Å²) >= 11 is 0. The fourth-order valence-electron chi connectivity index (χ4n) is 3.90. The molecule has 2 aliphatic rings. The van der Waals surface area contributed by atoms with Gasteiger partial charge in [-0.2, -0.15) is 5.10 Å². The van der Waals surface area contributed by atoms with E-state index >= 15 is 0 Å². The average Bonchev–Trinajstić information content (AvgIpc) is 3.38. The highest BCUT2D eigenvalue weighted by Gasteiger charge is 2.34. The Morgan fingerprint density at radius 3 is 2.65 bits per heavy atom. The maximum absolute atomic E-state index is 14.7. The number of halogens is 1. The van der Waals surface area contributed by atoms with Crippen LogP contribution in [0.25, 0.3) is 0 Å². The molecule has 0 unspecified atom stereocenters. The summed E-state index contributed by atoms with van der Waals surface area (Å²) in [4.78, 5) is 25.1. The average molecular weight is 464 g/mol. The number of nitrogens with zero attached hydrogens (tertiary/aromatic N) is 2. The van der Waals surface area contributed by atoms with Gasteiger partial charge in [0.25, 0.3) is 11.8 Å². The first-order chi connectivity index (χ1) is 16.2. The Morgan fingerprint density at radius 1 is 1.18 bits per heavy atom. The summed E-state index contributed by atoms with van der Waals surface area (Å²) in [5.74, 6) is 0.0774. The molecule has 1 fully saturated rings. The number of hydrogen-bond acceptors (Lipinski definition) is 5. The van der Waals surface area contributed by atoms with Gasteiger partial charge in [-0.05, 0) is 51.0 Å². The minimum atomic E-state index is -0.673. The highest BCUT2D eigenvalue weighted by molar-refractivity contribution is 6.04. The number of nitrogens with one attached hydrogen (secondary N) is 2. The normalized spacial score (nSPS) is 15.9. The Balaban J connectivity index is 1.43. The van der Waals surface area contributed by atoms with E-state index in [0.29, 0.717) is 29.3 Å². The van der Waals surface area contributed by atoms with Crippen LogP contribution in [0.5, 0.6) is 17.2 Å². The Kier molecular flexibility index (Phi) is 5.27. The van der Waals surface area contributed by atoms with Gasteiger partial charge in [0.2, 0.25) is 0 Å². The zero-order chi connectivity index (χ0) is 24.0. The van der Waals surface area contributed by atoms with Crippen LogP contribution in [0.4, 0.5) is 10.2 Å². The smallest absolute Gasteiger partial charge is 0.257 e. The standard InChI is InChI=1S/C25H25FN4O4/c1-25(2)13-18-20(33-16-6-7-17(19(26)12-16)24(32)27-15-4-5-15)10-14(11-21(18)34-25)23(31)28-22-8-9-30(3)29-22/h6-12,15H,4-5,13H2,1-3H3,(H,27,32)(H,28,29,31). The number of hydrogen-bond donors (Lipinski definition) is 2. The second kappa shape index (κ2) is 8.16. The number of aromatic nitrogens is 2. The molecule has 1 saturated carbocycles. The Labute approximate surface area is 196 Å². The van der Waals surface area contributed by atoms with Crippen LogP contribution in [0.3, 0.4) is 0 Å². The number of anilines is 1. The lowest BCUT2D eigenvalue weighted by molar-refractivity contribution is 0.0946. The van der Waals surface area contributed by atoms with E-state index in [1.165, 1.54) is 12.1 Å². The summed E-state index contributed by atoms with van der Waals surface area (Å²) in [6, 6.07) is 9.21. The summed E-state index contributed by atoms with van der Waals surface area (Å²) in [5, 5.41) is 9.69. The van der Waals surface area contributed by atoms with Crippen LogP contribution >= 0.6 is 0 Å². The molecule has 2 amide bonds. The van der Waals surface area contributed by atoms with Gasteiger partial charge in [0.15, 0.2) is 5.82 Å². The molecule has 0 atom stereocenters. The zero-order valence-electron chi connectivity index (χ0n) is 19.1. The monoisotopic (exact) mass is 464 g/mol. The number of aryl methyl sites for hydroxylation is 1. The van der Waals surface area contributed by atoms with Crippen molar-refractivity contribution in [1.82, 2.24) is 15.1 Å². The molecule has 0 saturated heterocycles. The fourth-order valence-corrected chi connectivity index (χ4v) is 3.90. The first kappa shape index (κ1) is 21.9. The number of ether oxygens (including phenoxy) is 2. The van der Waals surface area contributed by atoms with Crippen LogP contribution in [-0.4, -0.2) is 33.2 Å². The third kappa shape index (κ3) is 4.59. The molecule has 1 aromatic heterocycles. The summed E-state index contributed by atoms with van der Waals surface area (Å²) < 4.78 is 28.3. The van der Waals surface area contributed by atoms with Crippen LogP contribution in [0.1, 0.15) is 53.0 Å². The van der Waals surface area contributed by atoms with E-state index < -0.39 is 17.3 Å². The molecule has 2 aromatic carbocycles. The highest BCUT2D eigenvalue weighted by atomic mass is 19.1. The lowest BCUT2D eigenvalue weighted by atomic mass is 9.99. The number of carbonyl (C=O) groups excluding carboxylic acids is 2. The summed E-state index contributed by atoms with van der Waals surface area (Å²) in [5.41, 5.74) is 0.595. The third-order valence-corrected chi connectivity index (χ3v) is 5.70. The van der Waals surface area contributed by atoms with Crippen LogP contribution in [0, 0.1) is 5.82 Å².